The summed E-state index contributed by atoms with van der Waals surface area (Å²) < 4.78 is 15.7. The normalized spacial score (nSPS) is 14.5. The molecule has 1 aliphatic rings. The summed E-state index contributed by atoms with van der Waals surface area (Å²) in [5, 5.41) is 5.91. The number of nitrogens with one attached hydrogen (secondary N) is 2. The summed E-state index contributed by atoms with van der Waals surface area (Å²) in [6.07, 6.45) is 0. The Labute approximate surface area is 112 Å². The fourth-order valence-electron chi connectivity index (χ4n) is 1.84. The van der Waals surface area contributed by atoms with Gasteiger partial charge in [0, 0.05) is 25.2 Å². The Balaban J connectivity index is 2.24. The Morgan fingerprint density at radius 1 is 1.11 bits per heavy atom. The largest absolute Gasteiger partial charge is 0.494 e. The van der Waals surface area contributed by atoms with Crippen LogP contribution in [0.25, 0.3) is 0 Å². The summed E-state index contributed by atoms with van der Waals surface area (Å²) in [5.74, 6) is 1.63. The van der Waals surface area contributed by atoms with Crippen LogP contribution in [0, 0.1) is 5.92 Å². The molecule has 0 spiro atoms. The summed E-state index contributed by atoms with van der Waals surface area (Å²) in [4.78, 5) is 11.9. The monoisotopic (exact) mass is 266 g/mol. The van der Waals surface area contributed by atoms with Crippen LogP contribution in [0.1, 0.15) is 0 Å². The van der Waals surface area contributed by atoms with Gasteiger partial charge in [-0.15, -0.1) is 0 Å². The van der Waals surface area contributed by atoms with Gasteiger partial charge >= 0.3 is 0 Å². The van der Waals surface area contributed by atoms with Crippen LogP contribution in [0.15, 0.2) is 12.1 Å². The maximum atomic E-state index is 11.9. The molecule has 1 saturated heterocycles. The zero-order chi connectivity index (χ0) is 13.8. The molecule has 0 radical (unpaired) electrons. The van der Waals surface area contributed by atoms with Gasteiger partial charge in [-0.25, -0.2) is 0 Å². The van der Waals surface area contributed by atoms with Crippen molar-refractivity contribution in [2.24, 2.45) is 5.92 Å². The standard InChI is InChI=1S/C13H18N2O4/c1-17-10-5-12(19-3)11(18-2)4-9(10)15-13(16)8-6-14-7-8/h4-5,8,14H,6-7H2,1-3H3,(H,15,16). The van der Waals surface area contributed by atoms with E-state index in [0.29, 0.717) is 36.0 Å². The van der Waals surface area contributed by atoms with Crippen LogP contribution in [0.4, 0.5) is 5.69 Å². The second-order valence-corrected chi connectivity index (χ2v) is 4.25. The maximum absolute atomic E-state index is 11.9. The van der Waals surface area contributed by atoms with Crippen molar-refractivity contribution >= 4 is 11.6 Å². The predicted octanol–water partition coefficient (Wildman–Crippen LogP) is 0.870. The van der Waals surface area contributed by atoms with E-state index in [1.807, 2.05) is 0 Å². The zero-order valence-electron chi connectivity index (χ0n) is 11.3. The highest BCUT2D eigenvalue weighted by molar-refractivity contribution is 5.95. The van der Waals surface area contributed by atoms with Crippen molar-refractivity contribution in [1.82, 2.24) is 5.32 Å². The van der Waals surface area contributed by atoms with E-state index < -0.39 is 0 Å². The first kappa shape index (κ1) is 13.5. The molecule has 0 unspecified atom stereocenters. The third-order valence-corrected chi connectivity index (χ3v) is 3.12. The van der Waals surface area contributed by atoms with Gasteiger partial charge in [0.2, 0.25) is 5.91 Å². The first-order chi connectivity index (χ1) is 9.19. The van der Waals surface area contributed by atoms with Gasteiger partial charge in [0.15, 0.2) is 11.5 Å². The first-order valence-corrected chi connectivity index (χ1v) is 6.01. The number of rotatable bonds is 5. The van der Waals surface area contributed by atoms with Crippen LogP contribution in [-0.4, -0.2) is 40.3 Å². The lowest BCUT2D eigenvalue weighted by molar-refractivity contribution is -0.121. The van der Waals surface area contributed by atoms with Crippen LogP contribution >= 0.6 is 0 Å². The number of hydrogen-bond donors (Lipinski definition) is 2. The summed E-state index contributed by atoms with van der Waals surface area (Å²) in [5.41, 5.74) is 0.581. The smallest absolute Gasteiger partial charge is 0.230 e. The summed E-state index contributed by atoms with van der Waals surface area (Å²) in [6, 6.07) is 3.38. The first-order valence-electron chi connectivity index (χ1n) is 6.01. The fourth-order valence-corrected chi connectivity index (χ4v) is 1.84. The second kappa shape index (κ2) is 5.79. The average Bonchev–Trinajstić information content (AvgIpc) is 2.36. The minimum Gasteiger partial charge on any atom is -0.494 e. The molecule has 1 heterocycles. The molecule has 2 N–H and O–H groups in total. The van der Waals surface area contributed by atoms with Crippen molar-refractivity contribution in [2.45, 2.75) is 0 Å². The topological polar surface area (TPSA) is 68.8 Å². The van der Waals surface area contributed by atoms with E-state index in [2.05, 4.69) is 10.6 Å². The van der Waals surface area contributed by atoms with Gasteiger partial charge in [-0.05, 0) is 0 Å². The van der Waals surface area contributed by atoms with Crippen LogP contribution in [0.5, 0.6) is 17.2 Å². The number of carbonyl (C=O) groups excluding carboxylic acids is 1. The van der Waals surface area contributed by atoms with E-state index >= 15 is 0 Å². The van der Waals surface area contributed by atoms with Crippen LogP contribution in [0.3, 0.4) is 0 Å². The Bertz CT molecular complexity index is 472. The number of carbonyl (C=O) groups is 1. The zero-order valence-corrected chi connectivity index (χ0v) is 11.3. The molecule has 19 heavy (non-hydrogen) atoms. The average molecular weight is 266 g/mol. The van der Waals surface area contributed by atoms with E-state index in [4.69, 9.17) is 14.2 Å². The summed E-state index contributed by atoms with van der Waals surface area (Å²) in [6.45, 7) is 1.42. The van der Waals surface area contributed by atoms with Gasteiger partial charge in [0.05, 0.1) is 32.9 Å². The molecule has 6 heteroatoms. The summed E-state index contributed by atoms with van der Waals surface area (Å²) >= 11 is 0. The van der Waals surface area contributed by atoms with E-state index in [1.165, 1.54) is 0 Å². The number of hydrogen-bond acceptors (Lipinski definition) is 5. The molecule has 1 aromatic carbocycles. The molecule has 1 amide bonds. The lowest BCUT2D eigenvalue weighted by Crippen LogP contribution is -2.48. The van der Waals surface area contributed by atoms with Crippen LogP contribution < -0.4 is 24.8 Å². The minimum atomic E-state index is -0.0238. The molecule has 0 atom stereocenters. The molecule has 1 aromatic rings. The van der Waals surface area contributed by atoms with E-state index in [9.17, 15) is 4.79 Å². The maximum Gasteiger partial charge on any atom is 0.230 e. The fraction of sp³-hybridized carbons (Fsp3) is 0.462. The van der Waals surface area contributed by atoms with Crippen molar-refractivity contribution < 1.29 is 19.0 Å². The number of benzene rings is 1. The van der Waals surface area contributed by atoms with Gasteiger partial charge in [-0.3, -0.25) is 4.79 Å². The molecule has 2 rings (SSSR count). The molecular weight excluding hydrogens is 248 g/mol. The van der Waals surface area contributed by atoms with Crippen LogP contribution in [0.2, 0.25) is 0 Å². The third kappa shape index (κ3) is 2.73. The molecule has 1 aliphatic heterocycles. The molecular formula is C13H18N2O4. The van der Waals surface area contributed by atoms with Gasteiger partial charge in [-0.1, -0.05) is 0 Å². The Morgan fingerprint density at radius 2 is 1.68 bits per heavy atom. The number of ether oxygens (including phenoxy) is 3. The highest BCUT2D eigenvalue weighted by Gasteiger charge is 2.26. The Hall–Kier alpha value is -1.95. The number of amides is 1. The highest BCUT2D eigenvalue weighted by atomic mass is 16.5. The van der Waals surface area contributed by atoms with Crippen molar-refractivity contribution in [1.29, 1.82) is 0 Å². The van der Waals surface area contributed by atoms with E-state index in [0.717, 1.165) is 0 Å². The molecule has 6 nitrogen and oxygen atoms in total. The van der Waals surface area contributed by atoms with Crippen molar-refractivity contribution in [3.8, 4) is 17.2 Å². The Morgan fingerprint density at radius 3 is 2.16 bits per heavy atom. The van der Waals surface area contributed by atoms with Crippen molar-refractivity contribution in [3.05, 3.63) is 12.1 Å². The molecule has 0 bridgehead atoms. The summed E-state index contributed by atoms with van der Waals surface area (Å²) in [7, 11) is 4.64. The third-order valence-electron chi connectivity index (χ3n) is 3.12. The predicted molar refractivity (Wildman–Crippen MR) is 71.1 cm³/mol. The number of methoxy groups -OCH3 is 3. The van der Waals surface area contributed by atoms with Crippen LogP contribution in [-0.2, 0) is 4.79 Å². The van der Waals surface area contributed by atoms with E-state index in [-0.39, 0.29) is 11.8 Å². The SMILES string of the molecule is COc1cc(OC)c(OC)cc1NC(=O)C1CNC1. The second-order valence-electron chi connectivity index (χ2n) is 4.25. The van der Waals surface area contributed by atoms with E-state index in [1.54, 1.807) is 33.5 Å². The molecule has 0 aromatic heterocycles. The van der Waals surface area contributed by atoms with Gasteiger partial charge in [0.25, 0.3) is 0 Å². The lowest BCUT2D eigenvalue weighted by atomic mass is 10.0. The minimum absolute atomic E-state index is 0.0119. The highest BCUT2D eigenvalue weighted by Crippen LogP contribution is 2.37. The molecule has 0 aliphatic carbocycles. The van der Waals surface area contributed by atoms with Gasteiger partial charge in [0.1, 0.15) is 5.75 Å². The van der Waals surface area contributed by atoms with Gasteiger partial charge in [-0.2, -0.15) is 0 Å². The lowest BCUT2D eigenvalue weighted by Gasteiger charge is -2.26. The molecule has 104 valence electrons. The van der Waals surface area contributed by atoms with Crippen molar-refractivity contribution in [2.75, 3.05) is 39.7 Å². The Kier molecular flexibility index (Phi) is 4.11. The van der Waals surface area contributed by atoms with Gasteiger partial charge < -0.3 is 24.8 Å². The molecule has 0 saturated carbocycles. The quantitative estimate of drug-likeness (QED) is 0.827. The molecule has 1 fully saturated rings. The number of anilines is 1. The van der Waals surface area contributed by atoms with Crippen molar-refractivity contribution in [3.63, 3.8) is 0 Å².